The van der Waals surface area contributed by atoms with E-state index in [9.17, 15) is 0 Å². The van der Waals surface area contributed by atoms with E-state index in [1.165, 1.54) is 12.0 Å². The summed E-state index contributed by atoms with van der Waals surface area (Å²) in [5, 5.41) is 0. The molecule has 0 aromatic carbocycles. The molecule has 0 radical (unpaired) electrons. The van der Waals surface area contributed by atoms with Crippen LogP contribution >= 0.6 is 0 Å². The third-order valence-corrected chi connectivity index (χ3v) is 4.95. The van der Waals surface area contributed by atoms with Gasteiger partial charge in [-0.25, -0.2) is 0 Å². The zero-order chi connectivity index (χ0) is 15.2. The highest BCUT2D eigenvalue weighted by Crippen LogP contribution is 2.44. The maximum absolute atomic E-state index is 6.31. The molecule has 4 aliphatic rings. The number of rotatable bonds is 0. The molecular weight excluding hydrogens is 280 g/mol. The fourth-order valence-electron chi connectivity index (χ4n) is 3.96. The summed E-state index contributed by atoms with van der Waals surface area (Å²) in [7, 11) is 0. The summed E-state index contributed by atoms with van der Waals surface area (Å²) in [6.45, 7) is 3.90. The van der Waals surface area contributed by atoms with Crippen LogP contribution in [0.3, 0.4) is 0 Å². The summed E-state index contributed by atoms with van der Waals surface area (Å²) in [4.78, 5) is 0. The topological polar surface area (TPSA) is 36.9 Å². The van der Waals surface area contributed by atoms with Gasteiger partial charge in [0.15, 0.2) is 12.1 Å². The van der Waals surface area contributed by atoms with Gasteiger partial charge >= 0.3 is 0 Å². The molecule has 122 valence electrons. The molecule has 0 spiro atoms. The Kier molecular flexibility index (Phi) is 3.89. The third kappa shape index (κ3) is 2.78. The van der Waals surface area contributed by atoms with Crippen LogP contribution in [-0.2, 0) is 18.9 Å². The predicted molar refractivity (Wildman–Crippen MR) is 82.3 cm³/mol. The fraction of sp³-hybridized carbons (Fsp3) is 0.778. The molecule has 2 bridgehead atoms. The quantitative estimate of drug-likeness (QED) is 0.642. The molecule has 0 saturated carbocycles. The number of fused-ring (bicyclic) bond motifs is 6. The van der Waals surface area contributed by atoms with Gasteiger partial charge < -0.3 is 18.9 Å². The lowest BCUT2D eigenvalue weighted by molar-refractivity contribution is -0.215. The highest BCUT2D eigenvalue weighted by molar-refractivity contribution is 5.26. The minimum Gasteiger partial charge on any atom is -0.368 e. The molecule has 2 saturated heterocycles. The highest BCUT2D eigenvalue weighted by atomic mass is 16.8. The second-order valence-electron chi connectivity index (χ2n) is 7.19. The van der Waals surface area contributed by atoms with Crippen molar-refractivity contribution in [1.82, 2.24) is 0 Å². The summed E-state index contributed by atoms with van der Waals surface area (Å²) in [6, 6.07) is 0. The normalized spacial score (nSPS) is 45.4. The van der Waals surface area contributed by atoms with Crippen molar-refractivity contribution in [3.8, 4) is 0 Å². The summed E-state index contributed by atoms with van der Waals surface area (Å²) in [5.41, 5.74) is 1.25. The standard InChI is InChI=1S/C18H26O4/c1-18(2)21-16-13-11-12-9-7-5-3-4-6-8-10-14(19-12)15(13)20-17(16)22-18/h3-4,11-12,14-17H,5-10H2,1-2H3/b4-3-/t12-,14+,15+,16-,17-/m1/s1. The zero-order valence-electron chi connectivity index (χ0n) is 13.5. The van der Waals surface area contributed by atoms with Crippen molar-refractivity contribution < 1.29 is 18.9 Å². The summed E-state index contributed by atoms with van der Waals surface area (Å²) in [5.74, 6) is -0.558. The van der Waals surface area contributed by atoms with Crippen LogP contribution in [0.2, 0.25) is 0 Å². The van der Waals surface area contributed by atoms with Crippen LogP contribution in [0, 0.1) is 0 Å². The lowest BCUT2D eigenvalue weighted by Crippen LogP contribution is -2.40. The average Bonchev–Trinajstić information content (AvgIpc) is 2.92. The second kappa shape index (κ2) is 5.75. The summed E-state index contributed by atoms with van der Waals surface area (Å²) >= 11 is 0. The van der Waals surface area contributed by atoms with Crippen LogP contribution in [0.5, 0.6) is 0 Å². The van der Waals surface area contributed by atoms with E-state index in [2.05, 4.69) is 18.2 Å². The summed E-state index contributed by atoms with van der Waals surface area (Å²) < 4.78 is 24.4. The molecule has 5 atom stereocenters. The summed E-state index contributed by atoms with van der Waals surface area (Å²) in [6.07, 6.45) is 13.6. The van der Waals surface area contributed by atoms with Crippen LogP contribution in [-0.4, -0.2) is 36.5 Å². The molecule has 4 rings (SSSR count). The van der Waals surface area contributed by atoms with Gasteiger partial charge in [0.25, 0.3) is 0 Å². The maximum atomic E-state index is 6.31. The van der Waals surface area contributed by atoms with E-state index < -0.39 is 5.79 Å². The van der Waals surface area contributed by atoms with Gasteiger partial charge in [0.2, 0.25) is 0 Å². The first-order valence-corrected chi connectivity index (χ1v) is 8.65. The van der Waals surface area contributed by atoms with Crippen molar-refractivity contribution in [2.24, 2.45) is 0 Å². The average molecular weight is 306 g/mol. The molecule has 22 heavy (non-hydrogen) atoms. The van der Waals surface area contributed by atoms with Gasteiger partial charge in [-0.3, -0.25) is 0 Å². The lowest BCUT2D eigenvalue weighted by Gasteiger charge is -2.34. The molecule has 4 heteroatoms. The fourth-order valence-corrected chi connectivity index (χ4v) is 3.96. The Morgan fingerprint density at radius 3 is 2.55 bits per heavy atom. The molecule has 0 unspecified atom stereocenters. The van der Waals surface area contributed by atoms with E-state index in [1.807, 2.05) is 13.8 Å². The first-order chi connectivity index (χ1) is 10.6. The van der Waals surface area contributed by atoms with E-state index in [4.69, 9.17) is 18.9 Å². The minimum absolute atomic E-state index is 0.00656. The molecule has 0 N–H and O–H groups in total. The van der Waals surface area contributed by atoms with Gasteiger partial charge in [-0.1, -0.05) is 18.2 Å². The first kappa shape index (κ1) is 14.9. The molecule has 0 aliphatic carbocycles. The van der Waals surface area contributed by atoms with Crippen molar-refractivity contribution in [1.29, 1.82) is 0 Å². The van der Waals surface area contributed by atoms with Gasteiger partial charge in [-0.2, -0.15) is 0 Å². The van der Waals surface area contributed by atoms with Crippen molar-refractivity contribution in [3.05, 3.63) is 23.8 Å². The van der Waals surface area contributed by atoms with Crippen LogP contribution in [0.1, 0.15) is 52.4 Å². The van der Waals surface area contributed by atoms with Gasteiger partial charge in [-0.15, -0.1) is 0 Å². The smallest absolute Gasteiger partial charge is 0.191 e. The van der Waals surface area contributed by atoms with Crippen LogP contribution < -0.4 is 0 Å². The highest BCUT2D eigenvalue weighted by Gasteiger charge is 2.54. The Morgan fingerprint density at radius 1 is 0.955 bits per heavy atom. The molecule has 0 aromatic rings. The Labute approximate surface area is 132 Å². The molecule has 4 nitrogen and oxygen atoms in total. The molecule has 0 aromatic heterocycles. The SMILES string of the molecule is CC1(C)O[C@H]2O[C@H]3C(=C[C@H]4CCC/C=C\CCC[C@@H]3O4)[C@H]2O1. The van der Waals surface area contributed by atoms with Gasteiger partial charge in [0.05, 0.1) is 12.2 Å². The first-order valence-electron chi connectivity index (χ1n) is 8.65. The molecule has 4 heterocycles. The third-order valence-electron chi connectivity index (χ3n) is 4.95. The number of ether oxygens (including phenoxy) is 4. The Morgan fingerprint density at radius 2 is 1.73 bits per heavy atom. The molecule has 2 fully saturated rings. The maximum Gasteiger partial charge on any atom is 0.191 e. The van der Waals surface area contributed by atoms with Crippen molar-refractivity contribution in [2.75, 3.05) is 0 Å². The lowest BCUT2D eigenvalue weighted by atomic mass is 9.93. The Bertz CT molecular complexity index is 481. The van der Waals surface area contributed by atoms with Gasteiger partial charge in [0.1, 0.15) is 12.2 Å². The number of hydrogen-bond acceptors (Lipinski definition) is 4. The van der Waals surface area contributed by atoms with E-state index in [1.54, 1.807) is 0 Å². The van der Waals surface area contributed by atoms with Crippen LogP contribution in [0.4, 0.5) is 0 Å². The second-order valence-corrected chi connectivity index (χ2v) is 7.19. The minimum atomic E-state index is -0.558. The molecular formula is C18H26O4. The van der Waals surface area contributed by atoms with Gasteiger partial charge in [-0.05, 0) is 57.9 Å². The van der Waals surface area contributed by atoms with E-state index in [-0.39, 0.29) is 30.7 Å². The van der Waals surface area contributed by atoms with Crippen molar-refractivity contribution >= 4 is 0 Å². The molecule has 0 amide bonds. The Balaban J connectivity index is 1.57. The Hall–Kier alpha value is -0.680. The zero-order valence-corrected chi connectivity index (χ0v) is 13.5. The van der Waals surface area contributed by atoms with Crippen molar-refractivity contribution in [2.45, 2.75) is 88.9 Å². The number of hydrogen-bond donors (Lipinski definition) is 0. The largest absolute Gasteiger partial charge is 0.368 e. The molecule has 4 aliphatic heterocycles. The number of allylic oxidation sites excluding steroid dienone is 2. The van der Waals surface area contributed by atoms with Gasteiger partial charge in [0, 0.05) is 0 Å². The van der Waals surface area contributed by atoms with E-state index in [0.717, 1.165) is 32.1 Å². The predicted octanol–water partition coefficient (Wildman–Crippen LogP) is 3.47. The van der Waals surface area contributed by atoms with Crippen molar-refractivity contribution in [3.63, 3.8) is 0 Å². The van der Waals surface area contributed by atoms with E-state index >= 15 is 0 Å². The van der Waals surface area contributed by atoms with Crippen LogP contribution in [0.15, 0.2) is 23.8 Å². The monoisotopic (exact) mass is 306 g/mol. The van der Waals surface area contributed by atoms with E-state index in [0.29, 0.717) is 0 Å². The van der Waals surface area contributed by atoms with Crippen LogP contribution in [0.25, 0.3) is 0 Å².